The van der Waals surface area contributed by atoms with E-state index >= 15 is 0 Å². The van der Waals surface area contributed by atoms with Crippen LogP contribution in [0.4, 0.5) is 0 Å². The molecule has 0 radical (unpaired) electrons. The fourth-order valence-corrected chi connectivity index (χ4v) is 1.64. The van der Waals surface area contributed by atoms with Crippen molar-refractivity contribution in [1.29, 1.82) is 0 Å². The Labute approximate surface area is 72.6 Å². The SMILES string of the molecule is Cc1cncc2c1CC(C)OC2. The van der Waals surface area contributed by atoms with Crippen LogP contribution in [0.25, 0.3) is 0 Å². The predicted octanol–water partition coefficient (Wildman–Crippen LogP) is 1.85. The van der Waals surface area contributed by atoms with Gasteiger partial charge in [-0.05, 0) is 37.0 Å². The van der Waals surface area contributed by atoms with Crippen LogP contribution in [-0.2, 0) is 17.8 Å². The Bertz CT molecular complexity index is 296. The summed E-state index contributed by atoms with van der Waals surface area (Å²) in [6.45, 7) is 4.96. The van der Waals surface area contributed by atoms with Crippen molar-refractivity contribution in [3.8, 4) is 0 Å². The van der Waals surface area contributed by atoms with Crippen molar-refractivity contribution in [2.24, 2.45) is 0 Å². The number of nitrogens with zero attached hydrogens (tertiary/aromatic N) is 1. The molecule has 0 fully saturated rings. The van der Waals surface area contributed by atoms with Crippen LogP contribution in [0.15, 0.2) is 12.4 Å². The molecule has 0 amide bonds. The number of pyridine rings is 1. The Morgan fingerprint density at radius 3 is 3.17 bits per heavy atom. The van der Waals surface area contributed by atoms with Gasteiger partial charge >= 0.3 is 0 Å². The molecule has 1 aromatic rings. The maximum absolute atomic E-state index is 5.52. The van der Waals surface area contributed by atoms with E-state index in [1.54, 1.807) is 0 Å². The van der Waals surface area contributed by atoms with Crippen molar-refractivity contribution in [1.82, 2.24) is 4.98 Å². The number of ether oxygens (including phenoxy) is 1. The van der Waals surface area contributed by atoms with Crippen LogP contribution in [0.3, 0.4) is 0 Å². The Morgan fingerprint density at radius 2 is 2.33 bits per heavy atom. The van der Waals surface area contributed by atoms with E-state index in [0.717, 1.165) is 13.0 Å². The average molecular weight is 163 g/mol. The summed E-state index contributed by atoms with van der Waals surface area (Å²) in [4.78, 5) is 4.14. The number of aryl methyl sites for hydroxylation is 1. The van der Waals surface area contributed by atoms with Gasteiger partial charge in [0.1, 0.15) is 0 Å². The third kappa shape index (κ3) is 1.23. The molecule has 2 rings (SSSR count). The van der Waals surface area contributed by atoms with Crippen molar-refractivity contribution in [2.75, 3.05) is 0 Å². The summed E-state index contributed by atoms with van der Waals surface area (Å²) in [6.07, 6.45) is 5.23. The molecular formula is C10H13NO. The number of rotatable bonds is 0. The summed E-state index contributed by atoms with van der Waals surface area (Å²) in [7, 11) is 0. The van der Waals surface area contributed by atoms with Gasteiger partial charge in [0.25, 0.3) is 0 Å². The first-order chi connectivity index (χ1) is 5.77. The van der Waals surface area contributed by atoms with E-state index in [4.69, 9.17) is 4.74 Å². The second-order valence-electron chi connectivity index (χ2n) is 3.42. The van der Waals surface area contributed by atoms with Gasteiger partial charge < -0.3 is 4.74 Å². The van der Waals surface area contributed by atoms with Gasteiger partial charge in [-0.25, -0.2) is 0 Å². The summed E-state index contributed by atoms with van der Waals surface area (Å²) in [5, 5.41) is 0. The fraction of sp³-hybridized carbons (Fsp3) is 0.500. The van der Waals surface area contributed by atoms with Crippen molar-refractivity contribution >= 4 is 0 Å². The zero-order valence-electron chi connectivity index (χ0n) is 7.50. The summed E-state index contributed by atoms with van der Waals surface area (Å²) < 4.78 is 5.52. The van der Waals surface area contributed by atoms with Crippen molar-refractivity contribution in [2.45, 2.75) is 33.0 Å². The quantitative estimate of drug-likeness (QED) is 0.582. The van der Waals surface area contributed by atoms with Gasteiger partial charge in [0.05, 0.1) is 12.7 Å². The minimum absolute atomic E-state index is 0.360. The minimum Gasteiger partial charge on any atom is -0.373 e. The van der Waals surface area contributed by atoms with E-state index in [-0.39, 0.29) is 0 Å². The molecule has 1 aliphatic heterocycles. The molecule has 0 N–H and O–H groups in total. The van der Waals surface area contributed by atoms with Gasteiger partial charge in [0.2, 0.25) is 0 Å². The number of aromatic nitrogens is 1. The molecule has 2 heterocycles. The maximum atomic E-state index is 5.52. The first-order valence-corrected chi connectivity index (χ1v) is 4.31. The molecule has 1 atom stereocenters. The summed E-state index contributed by atoms with van der Waals surface area (Å²) >= 11 is 0. The zero-order valence-corrected chi connectivity index (χ0v) is 7.50. The van der Waals surface area contributed by atoms with Gasteiger partial charge in [-0.3, -0.25) is 4.98 Å². The smallest absolute Gasteiger partial charge is 0.0738 e. The van der Waals surface area contributed by atoms with Crippen LogP contribution in [0.5, 0.6) is 0 Å². The second kappa shape index (κ2) is 2.87. The molecule has 0 bridgehead atoms. The predicted molar refractivity (Wildman–Crippen MR) is 46.9 cm³/mol. The topological polar surface area (TPSA) is 22.1 Å². The number of fused-ring (bicyclic) bond motifs is 1. The van der Waals surface area contributed by atoms with Crippen molar-refractivity contribution in [3.05, 3.63) is 29.1 Å². The first-order valence-electron chi connectivity index (χ1n) is 4.31. The Morgan fingerprint density at radius 1 is 1.50 bits per heavy atom. The zero-order chi connectivity index (χ0) is 8.55. The van der Waals surface area contributed by atoms with Crippen LogP contribution in [0, 0.1) is 6.92 Å². The van der Waals surface area contributed by atoms with E-state index in [9.17, 15) is 0 Å². The Hall–Kier alpha value is -0.890. The highest BCUT2D eigenvalue weighted by atomic mass is 16.5. The Kier molecular flexibility index (Phi) is 1.85. The lowest BCUT2D eigenvalue weighted by atomic mass is 9.98. The van der Waals surface area contributed by atoms with Crippen LogP contribution >= 0.6 is 0 Å². The highest BCUT2D eigenvalue weighted by Gasteiger charge is 2.16. The van der Waals surface area contributed by atoms with E-state index in [2.05, 4.69) is 18.8 Å². The molecule has 0 spiro atoms. The minimum atomic E-state index is 0.360. The molecule has 0 saturated heterocycles. The van der Waals surface area contributed by atoms with E-state index in [0.29, 0.717) is 6.10 Å². The summed E-state index contributed by atoms with van der Waals surface area (Å²) in [5.41, 5.74) is 3.99. The lowest BCUT2D eigenvalue weighted by molar-refractivity contribution is 0.0406. The van der Waals surface area contributed by atoms with E-state index in [1.807, 2.05) is 12.4 Å². The van der Waals surface area contributed by atoms with E-state index < -0.39 is 0 Å². The fourth-order valence-electron chi connectivity index (χ4n) is 1.64. The van der Waals surface area contributed by atoms with Crippen molar-refractivity contribution in [3.63, 3.8) is 0 Å². The summed E-state index contributed by atoms with van der Waals surface area (Å²) in [6, 6.07) is 0. The molecule has 0 aromatic carbocycles. The number of hydrogen-bond donors (Lipinski definition) is 0. The van der Waals surface area contributed by atoms with Gasteiger partial charge in [0, 0.05) is 12.4 Å². The first kappa shape index (κ1) is 7.74. The van der Waals surface area contributed by atoms with Crippen LogP contribution in [0.1, 0.15) is 23.6 Å². The van der Waals surface area contributed by atoms with Crippen LogP contribution in [0.2, 0.25) is 0 Å². The summed E-state index contributed by atoms with van der Waals surface area (Å²) in [5.74, 6) is 0. The standard InChI is InChI=1S/C10H13NO/c1-7-4-11-5-9-6-12-8(2)3-10(7)9/h4-5,8H,3,6H2,1-2H3. The molecule has 1 unspecified atom stereocenters. The lowest BCUT2D eigenvalue weighted by Crippen LogP contribution is -2.20. The molecule has 64 valence electrons. The Balaban J connectivity index is 2.43. The van der Waals surface area contributed by atoms with Gasteiger partial charge in [-0.1, -0.05) is 0 Å². The largest absolute Gasteiger partial charge is 0.373 e. The normalized spacial score (nSPS) is 22.0. The van der Waals surface area contributed by atoms with Crippen molar-refractivity contribution < 1.29 is 4.74 Å². The molecule has 12 heavy (non-hydrogen) atoms. The van der Waals surface area contributed by atoms with Gasteiger partial charge in [-0.2, -0.15) is 0 Å². The van der Waals surface area contributed by atoms with E-state index in [1.165, 1.54) is 16.7 Å². The average Bonchev–Trinajstić information content (AvgIpc) is 2.07. The molecule has 0 aliphatic carbocycles. The highest BCUT2D eigenvalue weighted by molar-refractivity contribution is 5.32. The van der Waals surface area contributed by atoms with Gasteiger partial charge in [0.15, 0.2) is 0 Å². The lowest BCUT2D eigenvalue weighted by Gasteiger charge is -2.23. The second-order valence-corrected chi connectivity index (χ2v) is 3.42. The molecule has 0 saturated carbocycles. The molecule has 2 nitrogen and oxygen atoms in total. The molecule has 1 aliphatic rings. The monoisotopic (exact) mass is 163 g/mol. The van der Waals surface area contributed by atoms with Crippen LogP contribution in [-0.4, -0.2) is 11.1 Å². The maximum Gasteiger partial charge on any atom is 0.0738 e. The number of hydrogen-bond acceptors (Lipinski definition) is 2. The molecular weight excluding hydrogens is 150 g/mol. The third-order valence-electron chi connectivity index (χ3n) is 2.38. The molecule has 2 heteroatoms. The van der Waals surface area contributed by atoms with Crippen LogP contribution < -0.4 is 0 Å². The van der Waals surface area contributed by atoms with Gasteiger partial charge in [-0.15, -0.1) is 0 Å². The molecule has 1 aromatic heterocycles. The highest BCUT2D eigenvalue weighted by Crippen LogP contribution is 2.21. The third-order valence-corrected chi connectivity index (χ3v) is 2.38.